The maximum absolute atomic E-state index is 12.8. The molecule has 0 unspecified atom stereocenters. The molecule has 4 rings (SSSR count). The molecule has 23 heavy (non-hydrogen) atoms. The third kappa shape index (κ3) is 1.73. The van der Waals surface area contributed by atoms with Crippen LogP contribution in [-0.4, -0.2) is 16.5 Å². The summed E-state index contributed by atoms with van der Waals surface area (Å²) >= 11 is 0. The summed E-state index contributed by atoms with van der Waals surface area (Å²) in [6.07, 6.45) is 0. The van der Waals surface area contributed by atoms with Gasteiger partial charge in [-0.3, -0.25) is 19.7 Å². The number of benzene rings is 3. The van der Waals surface area contributed by atoms with Gasteiger partial charge in [-0.25, -0.2) is 0 Å². The number of rotatable bonds is 1. The van der Waals surface area contributed by atoms with Crippen molar-refractivity contribution in [3.8, 4) is 0 Å². The number of hydrogen-bond acceptors (Lipinski definition) is 4. The molecule has 0 spiro atoms. The monoisotopic (exact) mass is 303 g/mol. The highest BCUT2D eigenvalue weighted by molar-refractivity contribution is 6.31. The Morgan fingerprint density at radius 3 is 2.09 bits per heavy atom. The van der Waals surface area contributed by atoms with E-state index < -0.39 is 10.7 Å². The molecule has 0 heterocycles. The van der Waals surface area contributed by atoms with Gasteiger partial charge in [-0.2, -0.15) is 0 Å². The van der Waals surface area contributed by atoms with Crippen molar-refractivity contribution in [3.05, 3.63) is 87.0 Å². The summed E-state index contributed by atoms with van der Waals surface area (Å²) in [5.74, 6) is -0.836. The molecule has 0 amide bonds. The first-order chi connectivity index (χ1) is 11.1. The van der Waals surface area contributed by atoms with E-state index in [9.17, 15) is 19.7 Å². The van der Waals surface area contributed by atoms with Crippen LogP contribution in [0, 0.1) is 10.1 Å². The number of carbonyl (C=O) groups excluding carboxylic acids is 2. The Morgan fingerprint density at radius 1 is 0.783 bits per heavy atom. The molecule has 1 aliphatic rings. The lowest BCUT2D eigenvalue weighted by Gasteiger charge is -2.18. The number of nitro benzene ring substituents is 1. The van der Waals surface area contributed by atoms with Crippen LogP contribution >= 0.6 is 0 Å². The first-order valence-corrected chi connectivity index (χ1v) is 6.98. The number of hydrogen-bond donors (Lipinski definition) is 0. The Balaban J connectivity index is 2.18. The van der Waals surface area contributed by atoms with Gasteiger partial charge >= 0.3 is 0 Å². The zero-order valence-corrected chi connectivity index (χ0v) is 11.8. The average molecular weight is 303 g/mol. The molecule has 110 valence electrons. The van der Waals surface area contributed by atoms with Crippen molar-refractivity contribution in [1.29, 1.82) is 0 Å². The Kier molecular flexibility index (Phi) is 2.65. The number of ketones is 2. The van der Waals surface area contributed by atoms with Gasteiger partial charge in [0.05, 0.1) is 10.3 Å². The minimum atomic E-state index is -0.583. The van der Waals surface area contributed by atoms with E-state index in [0.717, 1.165) is 0 Å². The summed E-state index contributed by atoms with van der Waals surface area (Å²) in [6, 6.07) is 14.7. The van der Waals surface area contributed by atoms with Gasteiger partial charge in [0.1, 0.15) is 5.56 Å². The largest absolute Gasteiger partial charge is 0.289 e. The van der Waals surface area contributed by atoms with E-state index in [1.807, 2.05) is 0 Å². The standard InChI is InChI=1S/C18H9NO4/c20-17-12-7-3-4-8-13(12)18(21)15-14(17)9-10-5-1-2-6-11(10)16(15)19(22)23/h1-9H. The third-order valence-corrected chi connectivity index (χ3v) is 4.09. The first-order valence-electron chi connectivity index (χ1n) is 6.98. The molecule has 1 aliphatic carbocycles. The number of fused-ring (bicyclic) bond motifs is 3. The Labute approximate surface area is 130 Å². The predicted molar refractivity (Wildman–Crippen MR) is 83.9 cm³/mol. The van der Waals surface area contributed by atoms with Gasteiger partial charge in [-0.05, 0) is 17.5 Å². The molecule has 3 aromatic carbocycles. The van der Waals surface area contributed by atoms with Crippen molar-refractivity contribution in [2.75, 3.05) is 0 Å². The van der Waals surface area contributed by atoms with Crippen LogP contribution in [0.2, 0.25) is 0 Å². The maximum atomic E-state index is 12.8. The second-order valence-corrected chi connectivity index (χ2v) is 5.33. The fourth-order valence-electron chi connectivity index (χ4n) is 3.09. The molecule has 5 nitrogen and oxygen atoms in total. The summed E-state index contributed by atoms with van der Waals surface area (Å²) in [5.41, 5.74) is 0.181. The highest BCUT2D eigenvalue weighted by atomic mass is 16.6. The molecule has 0 aromatic heterocycles. The van der Waals surface area contributed by atoms with Crippen LogP contribution in [0.15, 0.2) is 54.6 Å². The third-order valence-electron chi connectivity index (χ3n) is 4.09. The molecular formula is C18H9NO4. The van der Waals surface area contributed by atoms with E-state index in [1.165, 1.54) is 6.07 Å². The van der Waals surface area contributed by atoms with Crippen molar-refractivity contribution >= 4 is 28.0 Å². The predicted octanol–water partition coefficient (Wildman–Crippen LogP) is 3.52. The van der Waals surface area contributed by atoms with E-state index in [4.69, 9.17) is 0 Å². The van der Waals surface area contributed by atoms with Gasteiger partial charge in [0.25, 0.3) is 5.69 Å². The quantitative estimate of drug-likeness (QED) is 0.398. The fraction of sp³-hybridized carbons (Fsp3) is 0. The molecular weight excluding hydrogens is 294 g/mol. The van der Waals surface area contributed by atoms with E-state index >= 15 is 0 Å². The molecule has 0 radical (unpaired) electrons. The minimum Gasteiger partial charge on any atom is -0.289 e. The van der Waals surface area contributed by atoms with E-state index in [1.54, 1.807) is 48.5 Å². The van der Waals surface area contributed by atoms with E-state index in [0.29, 0.717) is 10.8 Å². The number of carbonyl (C=O) groups is 2. The van der Waals surface area contributed by atoms with Crippen LogP contribution in [0.4, 0.5) is 5.69 Å². The van der Waals surface area contributed by atoms with Crippen LogP contribution in [-0.2, 0) is 0 Å². The summed E-state index contributed by atoms with van der Waals surface area (Å²) in [7, 11) is 0. The molecule has 0 saturated heterocycles. The highest BCUT2D eigenvalue weighted by Gasteiger charge is 2.36. The highest BCUT2D eigenvalue weighted by Crippen LogP contribution is 2.38. The minimum absolute atomic E-state index is 0.0964. The SMILES string of the molecule is O=C1c2ccccc2C(=O)c2c1cc1ccccc1c2[N+](=O)[O-]. The summed E-state index contributed by atoms with van der Waals surface area (Å²) < 4.78 is 0. The van der Waals surface area contributed by atoms with Crippen LogP contribution in [0.3, 0.4) is 0 Å². The van der Waals surface area contributed by atoms with Crippen LogP contribution in [0.1, 0.15) is 31.8 Å². The Morgan fingerprint density at radius 2 is 1.39 bits per heavy atom. The zero-order chi connectivity index (χ0) is 16.1. The number of nitrogens with zero attached hydrogens (tertiary/aromatic N) is 1. The van der Waals surface area contributed by atoms with Gasteiger partial charge in [-0.15, -0.1) is 0 Å². The summed E-state index contributed by atoms with van der Waals surface area (Å²) in [6.45, 7) is 0. The van der Waals surface area contributed by atoms with Crippen molar-refractivity contribution in [2.45, 2.75) is 0 Å². The van der Waals surface area contributed by atoms with Gasteiger partial charge in [0, 0.05) is 16.7 Å². The fourth-order valence-corrected chi connectivity index (χ4v) is 3.09. The van der Waals surface area contributed by atoms with Crippen molar-refractivity contribution in [1.82, 2.24) is 0 Å². The molecule has 0 aliphatic heterocycles. The maximum Gasteiger partial charge on any atom is 0.289 e. The van der Waals surface area contributed by atoms with Crippen LogP contribution in [0.25, 0.3) is 10.8 Å². The van der Waals surface area contributed by atoms with Gasteiger partial charge in [0.2, 0.25) is 5.78 Å². The average Bonchev–Trinajstić information content (AvgIpc) is 2.57. The van der Waals surface area contributed by atoms with Gasteiger partial charge < -0.3 is 0 Å². The van der Waals surface area contributed by atoms with Gasteiger partial charge in [-0.1, -0.05) is 42.5 Å². The lowest BCUT2D eigenvalue weighted by Crippen LogP contribution is -2.22. The van der Waals surface area contributed by atoms with Crippen molar-refractivity contribution in [3.63, 3.8) is 0 Å². The Hall–Kier alpha value is -3.34. The van der Waals surface area contributed by atoms with Crippen molar-refractivity contribution in [2.24, 2.45) is 0 Å². The lowest BCUT2D eigenvalue weighted by atomic mass is 9.81. The van der Waals surface area contributed by atoms with E-state index in [-0.39, 0.29) is 33.7 Å². The summed E-state index contributed by atoms with van der Waals surface area (Å²) in [5, 5.41) is 12.5. The normalized spacial score (nSPS) is 12.9. The van der Waals surface area contributed by atoms with Crippen molar-refractivity contribution < 1.29 is 14.5 Å². The second kappa shape index (κ2) is 4.58. The topological polar surface area (TPSA) is 77.3 Å². The molecule has 0 bridgehead atoms. The first kappa shape index (κ1) is 13.3. The molecule has 0 atom stereocenters. The number of nitro groups is 1. The molecule has 0 N–H and O–H groups in total. The van der Waals surface area contributed by atoms with Crippen LogP contribution < -0.4 is 0 Å². The second-order valence-electron chi connectivity index (χ2n) is 5.33. The molecule has 3 aromatic rings. The van der Waals surface area contributed by atoms with Gasteiger partial charge in [0.15, 0.2) is 5.78 Å². The zero-order valence-electron chi connectivity index (χ0n) is 11.8. The Bertz CT molecular complexity index is 1040. The van der Waals surface area contributed by atoms with E-state index in [2.05, 4.69) is 0 Å². The lowest BCUT2D eigenvalue weighted by molar-refractivity contribution is -0.383. The molecule has 0 fully saturated rings. The molecule has 0 saturated carbocycles. The molecule has 5 heteroatoms. The smallest absolute Gasteiger partial charge is 0.289 e. The van der Waals surface area contributed by atoms with Crippen LogP contribution in [0.5, 0.6) is 0 Å². The summed E-state index contributed by atoms with van der Waals surface area (Å²) in [4.78, 5) is 36.5.